The molecule has 0 bridgehead atoms. The summed E-state index contributed by atoms with van der Waals surface area (Å²) in [5, 5.41) is 2.86. The minimum absolute atomic E-state index is 0.0333. The summed E-state index contributed by atoms with van der Waals surface area (Å²) in [7, 11) is 1.38. The molecule has 6 nitrogen and oxygen atoms in total. The van der Waals surface area contributed by atoms with Crippen LogP contribution in [0, 0.1) is 0 Å². The quantitative estimate of drug-likeness (QED) is 0.712. The molecule has 0 radical (unpaired) electrons. The first-order valence-electron chi connectivity index (χ1n) is 9.76. The molecule has 8 heteroatoms. The number of nitrogens with one attached hydrogen (secondary N) is 1. The van der Waals surface area contributed by atoms with Gasteiger partial charge in [-0.1, -0.05) is 13.0 Å². The largest absolute Gasteiger partial charge is 0.493 e. The molecular weight excluding hydrogens is 394 g/mol. The van der Waals surface area contributed by atoms with Crippen LogP contribution in [0.4, 0.5) is 14.5 Å². The Labute approximate surface area is 173 Å². The topological polar surface area (TPSA) is 67.9 Å². The van der Waals surface area contributed by atoms with E-state index in [0.717, 1.165) is 23.2 Å². The number of carbonyl (C=O) groups is 2. The van der Waals surface area contributed by atoms with E-state index in [0.29, 0.717) is 31.5 Å². The van der Waals surface area contributed by atoms with E-state index < -0.39 is 6.61 Å². The Hall–Kier alpha value is -3.16. The number of rotatable bonds is 8. The molecule has 0 atom stereocenters. The summed E-state index contributed by atoms with van der Waals surface area (Å²) in [6.07, 6.45) is 1.68. The van der Waals surface area contributed by atoms with Crippen molar-refractivity contribution in [1.29, 1.82) is 0 Å². The summed E-state index contributed by atoms with van der Waals surface area (Å²) in [4.78, 5) is 26.2. The average Bonchev–Trinajstić information content (AvgIpc) is 3.17. The van der Waals surface area contributed by atoms with Gasteiger partial charge in [0.25, 0.3) is 5.91 Å². The molecule has 2 aromatic rings. The lowest BCUT2D eigenvalue weighted by molar-refractivity contribution is -0.118. The Balaban J connectivity index is 1.58. The minimum atomic E-state index is -2.93. The van der Waals surface area contributed by atoms with Crippen molar-refractivity contribution in [2.75, 3.05) is 25.1 Å². The summed E-state index contributed by atoms with van der Waals surface area (Å²) in [6, 6.07) is 10.0. The van der Waals surface area contributed by atoms with Crippen LogP contribution in [-0.2, 0) is 17.6 Å². The van der Waals surface area contributed by atoms with Gasteiger partial charge in [0.15, 0.2) is 11.5 Å². The molecule has 1 aliphatic rings. The molecule has 0 aromatic heterocycles. The van der Waals surface area contributed by atoms with Crippen LogP contribution in [0.5, 0.6) is 11.5 Å². The van der Waals surface area contributed by atoms with Gasteiger partial charge in [-0.15, -0.1) is 0 Å². The Morgan fingerprint density at radius 1 is 1.17 bits per heavy atom. The van der Waals surface area contributed by atoms with Crippen LogP contribution in [0.25, 0.3) is 0 Å². The van der Waals surface area contributed by atoms with E-state index in [1.165, 1.54) is 13.2 Å². The summed E-state index contributed by atoms with van der Waals surface area (Å²) >= 11 is 0. The van der Waals surface area contributed by atoms with Gasteiger partial charge in [0.1, 0.15) is 0 Å². The second-order valence-electron chi connectivity index (χ2n) is 6.86. The van der Waals surface area contributed by atoms with Gasteiger partial charge in [-0.2, -0.15) is 8.78 Å². The third kappa shape index (κ3) is 4.87. The summed E-state index contributed by atoms with van der Waals surface area (Å²) in [6.45, 7) is -0.0881. The molecule has 0 unspecified atom stereocenters. The van der Waals surface area contributed by atoms with Crippen molar-refractivity contribution in [3.63, 3.8) is 0 Å². The number of halogens is 2. The van der Waals surface area contributed by atoms with Gasteiger partial charge in [0.2, 0.25) is 5.91 Å². The minimum Gasteiger partial charge on any atom is -0.493 e. The lowest BCUT2D eigenvalue weighted by Gasteiger charge is -2.16. The standard InChI is InChI=1S/C22H24F2N2O4/c1-3-20(27)26-11-9-15-13-16(5-6-17(15)26)21(28)25-10-8-14-4-7-18(30-22(23)24)19(12-14)29-2/h4-7,12-13,22H,3,8-11H2,1-2H3,(H,25,28). The van der Waals surface area contributed by atoms with E-state index in [2.05, 4.69) is 10.1 Å². The molecule has 0 spiro atoms. The fourth-order valence-electron chi connectivity index (χ4n) is 3.48. The normalized spacial score (nSPS) is 12.6. The van der Waals surface area contributed by atoms with E-state index in [-0.39, 0.29) is 23.3 Å². The van der Waals surface area contributed by atoms with E-state index in [1.807, 2.05) is 19.1 Å². The maximum absolute atomic E-state index is 12.5. The number of fused-ring (bicyclic) bond motifs is 1. The zero-order chi connectivity index (χ0) is 21.7. The highest BCUT2D eigenvalue weighted by atomic mass is 19.3. The number of carbonyl (C=O) groups excluding carboxylic acids is 2. The molecule has 1 aliphatic heterocycles. The van der Waals surface area contributed by atoms with Crippen LogP contribution in [0.2, 0.25) is 0 Å². The maximum atomic E-state index is 12.5. The third-order valence-corrected chi connectivity index (χ3v) is 4.98. The van der Waals surface area contributed by atoms with E-state index in [9.17, 15) is 18.4 Å². The maximum Gasteiger partial charge on any atom is 0.387 e. The molecule has 1 N–H and O–H groups in total. The van der Waals surface area contributed by atoms with Gasteiger partial charge in [-0.05, 0) is 54.3 Å². The average molecular weight is 418 g/mol. The summed E-state index contributed by atoms with van der Waals surface area (Å²) < 4.78 is 34.3. The van der Waals surface area contributed by atoms with Crippen LogP contribution in [-0.4, -0.2) is 38.6 Å². The first-order valence-corrected chi connectivity index (χ1v) is 9.76. The van der Waals surface area contributed by atoms with Crippen molar-refractivity contribution < 1.29 is 27.8 Å². The SMILES string of the molecule is CCC(=O)N1CCc2cc(C(=O)NCCc3ccc(OC(F)F)c(OC)c3)ccc21. The van der Waals surface area contributed by atoms with Crippen molar-refractivity contribution >= 4 is 17.5 Å². The van der Waals surface area contributed by atoms with Gasteiger partial charge in [-0.3, -0.25) is 9.59 Å². The Kier molecular flexibility index (Phi) is 6.87. The van der Waals surface area contributed by atoms with Gasteiger partial charge in [0, 0.05) is 30.8 Å². The van der Waals surface area contributed by atoms with Gasteiger partial charge >= 0.3 is 6.61 Å². The highest BCUT2D eigenvalue weighted by Crippen LogP contribution is 2.30. The molecule has 0 fully saturated rings. The number of amides is 2. The predicted molar refractivity (Wildman–Crippen MR) is 108 cm³/mol. The van der Waals surface area contributed by atoms with Crippen LogP contribution < -0.4 is 19.7 Å². The molecule has 160 valence electrons. The lowest BCUT2D eigenvalue weighted by atomic mass is 10.1. The van der Waals surface area contributed by atoms with Gasteiger partial charge in [0.05, 0.1) is 7.11 Å². The van der Waals surface area contributed by atoms with Crippen molar-refractivity contribution in [2.45, 2.75) is 32.8 Å². The monoisotopic (exact) mass is 418 g/mol. The summed E-state index contributed by atoms with van der Waals surface area (Å²) in [5.41, 5.74) is 3.22. The number of benzene rings is 2. The van der Waals surface area contributed by atoms with Crippen molar-refractivity contribution in [1.82, 2.24) is 5.32 Å². The van der Waals surface area contributed by atoms with Crippen LogP contribution in [0.3, 0.4) is 0 Å². The zero-order valence-corrected chi connectivity index (χ0v) is 16.9. The Bertz CT molecular complexity index is 933. The number of alkyl halides is 2. The molecule has 0 saturated carbocycles. The number of ether oxygens (including phenoxy) is 2. The Morgan fingerprint density at radius 3 is 2.67 bits per heavy atom. The van der Waals surface area contributed by atoms with Crippen molar-refractivity contribution in [3.8, 4) is 11.5 Å². The number of anilines is 1. The molecular formula is C22H24F2N2O4. The number of methoxy groups -OCH3 is 1. The first kappa shape index (κ1) is 21.5. The first-order chi connectivity index (χ1) is 14.4. The molecule has 0 saturated heterocycles. The highest BCUT2D eigenvalue weighted by molar-refractivity contribution is 5.98. The molecule has 0 aliphatic carbocycles. The fourth-order valence-corrected chi connectivity index (χ4v) is 3.48. The Morgan fingerprint density at radius 2 is 1.97 bits per heavy atom. The highest BCUT2D eigenvalue weighted by Gasteiger charge is 2.24. The van der Waals surface area contributed by atoms with E-state index in [1.54, 1.807) is 23.1 Å². The molecule has 1 heterocycles. The molecule has 3 rings (SSSR count). The second-order valence-corrected chi connectivity index (χ2v) is 6.86. The number of hydrogen-bond donors (Lipinski definition) is 1. The van der Waals surface area contributed by atoms with Crippen molar-refractivity contribution in [3.05, 3.63) is 53.1 Å². The van der Waals surface area contributed by atoms with Crippen molar-refractivity contribution in [2.24, 2.45) is 0 Å². The van der Waals surface area contributed by atoms with E-state index in [4.69, 9.17) is 4.74 Å². The predicted octanol–water partition coefficient (Wildman–Crippen LogP) is 3.57. The van der Waals surface area contributed by atoms with Crippen LogP contribution in [0.15, 0.2) is 36.4 Å². The number of hydrogen-bond acceptors (Lipinski definition) is 4. The van der Waals surface area contributed by atoms with Gasteiger partial charge in [-0.25, -0.2) is 0 Å². The molecule has 2 aromatic carbocycles. The van der Waals surface area contributed by atoms with E-state index >= 15 is 0 Å². The van der Waals surface area contributed by atoms with Crippen LogP contribution in [0.1, 0.15) is 34.8 Å². The van der Waals surface area contributed by atoms with Crippen LogP contribution >= 0.6 is 0 Å². The zero-order valence-electron chi connectivity index (χ0n) is 16.9. The second kappa shape index (κ2) is 9.56. The summed E-state index contributed by atoms with van der Waals surface area (Å²) in [5.74, 6) is 0.0481. The third-order valence-electron chi connectivity index (χ3n) is 4.98. The fraction of sp³-hybridized carbons (Fsp3) is 0.364. The molecule has 30 heavy (non-hydrogen) atoms. The molecule has 2 amide bonds. The lowest BCUT2D eigenvalue weighted by Crippen LogP contribution is -2.28. The van der Waals surface area contributed by atoms with Gasteiger partial charge < -0.3 is 19.7 Å². The number of nitrogens with zero attached hydrogens (tertiary/aromatic N) is 1. The smallest absolute Gasteiger partial charge is 0.387 e.